The first-order valence-electron chi connectivity index (χ1n) is 9.04. The lowest BCUT2D eigenvalue weighted by atomic mass is 10.2. The minimum Gasteiger partial charge on any atom is -0.325 e. The number of carbonyl (C=O) groups is 1. The number of fused-ring (bicyclic) bond motifs is 1. The Morgan fingerprint density at radius 3 is 2.63 bits per heavy atom. The largest absolute Gasteiger partial charge is 0.325 e. The van der Waals surface area contributed by atoms with Gasteiger partial charge in [-0.1, -0.05) is 42.1 Å². The van der Waals surface area contributed by atoms with Crippen molar-refractivity contribution >= 4 is 44.9 Å². The summed E-state index contributed by atoms with van der Waals surface area (Å²) in [7, 11) is 1.66. The van der Waals surface area contributed by atoms with Crippen molar-refractivity contribution in [1.82, 2.24) is 9.55 Å². The van der Waals surface area contributed by atoms with Crippen LogP contribution in [0.1, 0.15) is 5.56 Å². The molecule has 0 fully saturated rings. The first-order valence-corrected chi connectivity index (χ1v) is 10.8. The molecule has 2 aromatic carbocycles. The average Bonchev–Trinajstić information content (AvgIpc) is 3.21. The van der Waals surface area contributed by atoms with Crippen molar-refractivity contribution in [3.63, 3.8) is 0 Å². The van der Waals surface area contributed by atoms with Gasteiger partial charge in [-0.3, -0.25) is 14.2 Å². The molecule has 2 heterocycles. The highest BCUT2D eigenvalue weighted by atomic mass is 32.2. The molecule has 6 nitrogen and oxygen atoms in total. The Morgan fingerprint density at radius 1 is 1.20 bits per heavy atom. The molecule has 0 spiro atoms. The topological polar surface area (TPSA) is 87.8 Å². The number of thioether (sulfide) groups is 1. The number of benzene rings is 2. The summed E-state index contributed by atoms with van der Waals surface area (Å²) in [6, 6.07) is 20.5. The second kappa shape index (κ2) is 8.53. The SMILES string of the molecule is Cn1c(SCC(=O)Nc2ccc(C#N)cc2)nc2cc(-c3ccccc3)sc2c1=O. The summed E-state index contributed by atoms with van der Waals surface area (Å²) in [5.74, 6) is -0.101. The predicted molar refractivity (Wildman–Crippen MR) is 121 cm³/mol. The number of amides is 1. The molecule has 1 N–H and O–H groups in total. The normalized spacial score (nSPS) is 10.7. The van der Waals surface area contributed by atoms with E-state index >= 15 is 0 Å². The molecule has 2 aromatic heterocycles. The Morgan fingerprint density at radius 2 is 1.93 bits per heavy atom. The molecular weight excluding hydrogens is 416 g/mol. The third-order valence-corrected chi connectivity index (χ3v) is 6.59. The zero-order valence-corrected chi connectivity index (χ0v) is 17.6. The van der Waals surface area contributed by atoms with Gasteiger partial charge in [0.2, 0.25) is 5.91 Å². The molecule has 0 aliphatic carbocycles. The quantitative estimate of drug-likeness (QED) is 0.376. The zero-order valence-electron chi connectivity index (χ0n) is 16.0. The molecule has 30 heavy (non-hydrogen) atoms. The van der Waals surface area contributed by atoms with Gasteiger partial charge >= 0.3 is 0 Å². The Kier molecular flexibility index (Phi) is 5.65. The van der Waals surface area contributed by atoms with Crippen LogP contribution in [0.25, 0.3) is 20.7 Å². The molecule has 4 rings (SSSR count). The van der Waals surface area contributed by atoms with Crippen LogP contribution in [0.2, 0.25) is 0 Å². The molecule has 0 radical (unpaired) electrons. The van der Waals surface area contributed by atoms with Gasteiger partial charge in [0.1, 0.15) is 4.70 Å². The van der Waals surface area contributed by atoms with Gasteiger partial charge in [-0.15, -0.1) is 11.3 Å². The number of thiophene rings is 1. The highest BCUT2D eigenvalue weighted by Crippen LogP contribution is 2.31. The summed E-state index contributed by atoms with van der Waals surface area (Å²) in [6.07, 6.45) is 0. The zero-order chi connectivity index (χ0) is 21.1. The van der Waals surface area contributed by atoms with Gasteiger partial charge in [0.05, 0.1) is 22.9 Å². The average molecular weight is 433 g/mol. The number of hydrogen-bond donors (Lipinski definition) is 1. The van der Waals surface area contributed by atoms with E-state index in [1.165, 1.54) is 27.7 Å². The van der Waals surface area contributed by atoms with Crippen LogP contribution in [0.15, 0.2) is 70.6 Å². The molecule has 0 bridgehead atoms. The maximum absolute atomic E-state index is 12.8. The number of nitrogens with one attached hydrogen (secondary N) is 1. The van der Waals surface area contributed by atoms with Crippen molar-refractivity contribution in [2.24, 2.45) is 7.05 Å². The van der Waals surface area contributed by atoms with Crippen LogP contribution >= 0.6 is 23.1 Å². The second-order valence-electron chi connectivity index (χ2n) is 6.48. The fourth-order valence-corrected chi connectivity index (χ4v) is 4.71. The smallest absolute Gasteiger partial charge is 0.271 e. The number of nitriles is 1. The van der Waals surface area contributed by atoms with Crippen LogP contribution in [-0.4, -0.2) is 21.2 Å². The van der Waals surface area contributed by atoms with Crippen molar-refractivity contribution < 1.29 is 4.79 Å². The highest BCUT2D eigenvalue weighted by molar-refractivity contribution is 7.99. The molecule has 148 valence electrons. The van der Waals surface area contributed by atoms with Crippen LogP contribution in [0, 0.1) is 11.3 Å². The fraction of sp³-hybridized carbons (Fsp3) is 0.0909. The Balaban J connectivity index is 1.52. The van der Waals surface area contributed by atoms with E-state index in [1.54, 1.807) is 31.3 Å². The first-order chi connectivity index (χ1) is 14.5. The van der Waals surface area contributed by atoms with Crippen molar-refractivity contribution in [3.05, 3.63) is 76.6 Å². The first kappa shape index (κ1) is 19.9. The Bertz CT molecular complexity index is 1320. The van der Waals surface area contributed by atoms with E-state index in [1.807, 2.05) is 42.5 Å². The number of carbonyl (C=O) groups excluding carboxylic acids is 1. The standard InChI is InChI=1S/C22H16N4O2S2/c1-26-21(28)20-17(11-18(30-20)15-5-3-2-4-6-15)25-22(26)29-13-19(27)24-16-9-7-14(12-23)8-10-16/h2-11H,13H2,1H3,(H,24,27). The van der Waals surface area contributed by atoms with E-state index in [9.17, 15) is 9.59 Å². The highest BCUT2D eigenvalue weighted by Gasteiger charge is 2.14. The molecule has 4 aromatic rings. The van der Waals surface area contributed by atoms with Crippen LogP contribution in [0.4, 0.5) is 5.69 Å². The number of anilines is 1. The lowest BCUT2D eigenvalue weighted by Crippen LogP contribution is -2.20. The summed E-state index contributed by atoms with van der Waals surface area (Å²) >= 11 is 2.63. The van der Waals surface area contributed by atoms with Crippen molar-refractivity contribution in [1.29, 1.82) is 5.26 Å². The van der Waals surface area contributed by atoms with Crippen LogP contribution in [0.3, 0.4) is 0 Å². The molecule has 0 saturated carbocycles. The van der Waals surface area contributed by atoms with Gasteiger partial charge in [0.25, 0.3) is 5.56 Å². The second-order valence-corrected chi connectivity index (χ2v) is 8.47. The Hall–Kier alpha value is -3.41. The van der Waals surface area contributed by atoms with E-state index < -0.39 is 0 Å². The number of nitrogens with zero attached hydrogens (tertiary/aromatic N) is 3. The summed E-state index contributed by atoms with van der Waals surface area (Å²) in [6.45, 7) is 0. The van der Waals surface area contributed by atoms with E-state index in [-0.39, 0.29) is 17.2 Å². The molecule has 0 aliphatic rings. The van der Waals surface area contributed by atoms with Crippen LogP contribution in [-0.2, 0) is 11.8 Å². The molecule has 1 amide bonds. The maximum Gasteiger partial charge on any atom is 0.271 e. The van der Waals surface area contributed by atoms with Crippen molar-refractivity contribution in [3.8, 4) is 16.5 Å². The lowest BCUT2D eigenvalue weighted by Gasteiger charge is -2.08. The van der Waals surface area contributed by atoms with Gasteiger partial charge in [0, 0.05) is 17.6 Å². The molecule has 0 atom stereocenters. The van der Waals surface area contributed by atoms with Gasteiger partial charge in [-0.05, 0) is 35.9 Å². The van der Waals surface area contributed by atoms with Crippen LogP contribution in [0.5, 0.6) is 0 Å². The van der Waals surface area contributed by atoms with E-state index in [4.69, 9.17) is 5.26 Å². The minimum absolute atomic E-state index is 0.113. The van der Waals surface area contributed by atoms with Crippen molar-refractivity contribution in [2.45, 2.75) is 5.16 Å². The minimum atomic E-state index is -0.214. The van der Waals surface area contributed by atoms with E-state index in [0.29, 0.717) is 26.6 Å². The monoisotopic (exact) mass is 432 g/mol. The number of hydrogen-bond acceptors (Lipinski definition) is 6. The number of rotatable bonds is 5. The summed E-state index contributed by atoms with van der Waals surface area (Å²) < 4.78 is 2.08. The van der Waals surface area contributed by atoms with Gasteiger partial charge in [0.15, 0.2) is 5.16 Å². The molecule has 0 unspecified atom stereocenters. The molecular formula is C22H16N4O2S2. The third kappa shape index (κ3) is 4.13. The molecule has 0 aliphatic heterocycles. The van der Waals surface area contributed by atoms with E-state index in [2.05, 4.69) is 10.3 Å². The molecule has 8 heteroatoms. The van der Waals surface area contributed by atoms with Gasteiger partial charge < -0.3 is 5.32 Å². The Labute approximate surface area is 180 Å². The third-order valence-electron chi connectivity index (χ3n) is 4.40. The van der Waals surface area contributed by atoms with Crippen LogP contribution < -0.4 is 10.9 Å². The van der Waals surface area contributed by atoms with Gasteiger partial charge in [-0.25, -0.2) is 4.98 Å². The predicted octanol–water partition coefficient (Wildman–Crippen LogP) is 4.26. The molecule has 0 saturated heterocycles. The van der Waals surface area contributed by atoms with Crippen molar-refractivity contribution in [2.75, 3.05) is 11.1 Å². The number of aromatic nitrogens is 2. The van der Waals surface area contributed by atoms with E-state index in [0.717, 1.165) is 10.4 Å². The maximum atomic E-state index is 12.8. The summed E-state index contributed by atoms with van der Waals surface area (Å²) in [5.41, 5.74) is 2.69. The summed E-state index contributed by atoms with van der Waals surface area (Å²) in [5, 5.41) is 12.1. The van der Waals surface area contributed by atoms with Gasteiger partial charge in [-0.2, -0.15) is 5.26 Å². The fourth-order valence-electron chi connectivity index (χ4n) is 2.86. The summed E-state index contributed by atoms with van der Waals surface area (Å²) in [4.78, 5) is 30.6. The lowest BCUT2D eigenvalue weighted by molar-refractivity contribution is -0.113.